The van der Waals surface area contributed by atoms with E-state index in [4.69, 9.17) is 45.4 Å². The fourth-order valence-electron chi connectivity index (χ4n) is 3.79. The fraction of sp³-hybridized carbons (Fsp3) is 0.395. The lowest BCUT2D eigenvalue weighted by Gasteiger charge is -2.19. The highest BCUT2D eigenvalue weighted by atomic mass is 35.5. The normalized spacial score (nSPS) is 8.11. The quantitative estimate of drug-likeness (QED) is 0.0890. The molecule has 4 aromatic rings. The summed E-state index contributed by atoms with van der Waals surface area (Å²) in [6.07, 6.45) is 6.07. The zero-order valence-corrected chi connectivity index (χ0v) is 61.9. The Balaban J connectivity index is -0.0000000299. The second kappa shape index (κ2) is 76.9. The van der Waals surface area contributed by atoms with Crippen molar-refractivity contribution < 1.29 is 43.2 Å². The number of nitrogens with two attached hydrogens (primary N) is 8. The molecule has 0 aliphatic carbocycles. The Labute approximate surface area is 632 Å². The average Bonchev–Trinajstić information content (AvgIpc) is 4.09. The second-order valence-corrected chi connectivity index (χ2v) is 14.8. The van der Waals surface area contributed by atoms with E-state index in [2.05, 4.69) is 77.8 Å². The molecule has 1 atom stereocenters. The maximum absolute atomic E-state index is 11.8. The SMILES string of the molecule is C.C.CC(C)(C)NC(=O)c1[nH]cnc1N.CNC(=O)N=CNC(=O)NC.CNC(=O)n1cnc(C(=O)NC(C)(C)C)c1N.CNC(=O)n1cnc(C(N)=O)c1N.Cl.Cl.Cl.Cl.Cl.Cl.Cl.Cl.Cl.Cl.Cl.Cl.Cl.Cl.Cl.Cl.Cl.Cl.N#CC(N)C(N)=O.NC(=O)c1[nH]cnc1N. The van der Waals surface area contributed by atoms with Gasteiger partial charge in [0, 0.05) is 39.3 Å². The van der Waals surface area contributed by atoms with Gasteiger partial charge >= 0.3 is 24.1 Å². The number of primary amides is 3. The van der Waals surface area contributed by atoms with E-state index in [9.17, 15) is 43.2 Å². The molecule has 90 heavy (non-hydrogen) atoms. The third-order valence-corrected chi connectivity index (χ3v) is 6.97. The van der Waals surface area contributed by atoms with Crippen LogP contribution in [0.4, 0.5) is 42.4 Å². The molecule has 0 aromatic carbocycles. The van der Waals surface area contributed by atoms with Crippen LogP contribution >= 0.6 is 223 Å². The van der Waals surface area contributed by atoms with Crippen LogP contribution in [0.15, 0.2) is 30.3 Å². The van der Waals surface area contributed by atoms with Gasteiger partial charge in [0.15, 0.2) is 29.1 Å². The van der Waals surface area contributed by atoms with Crippen LogP contribution in [-0.2, 0) is 4.79 Å². The Morgan fingerprint density at radius 2 is 0.867 bits per heavy atom. The van der Waals surface area contributed by atoms with E-state index in [1.165, 1.54) is 53.2 Å². The summed E-state index contributed by atoms with van der Waals surface area (Å²) in [5, 5.41) is 24.8. The van der Waals surface area contributed by atoms with E-state index in [1.807, 2.05) is 41.5 Å². The van der Waals surface area contributed by atoms with Crippen molar-refractivity contribution in [2.24, 2.45) is 27.9 Å². The van der Waals surface area contributed by atoms with Gasteiger partial charge in [0.05, 0.1) is 18.7 Å². The van der Waals surface area contributed by atoms with Gasteiger partial charge in [0.1, 0.15) is 42.0 Å². The Bertz CT molecular complexity index is 2550. The lowest BCUT2D eigenvalue weighted by atomic mass is 10.1. The highest BCUT2D eigenvalue weighted by Crippen LogP contribution is 2.12. The predicted octanol–water partition coefficient (Wildman–Crippen LogP) is 5.01. The number of imidazole rings is 4. The molecule has 0 saturated heterocycles. The molecule has 0 fully saturated rings. The van der Waals surface area contributed by atoms with Crippen molar-refractivity contribution in [1.82, 2.24) is 76.3 Å². The molecule has 0 saturated carbocycles. The molecule has 0 radical (unpaired) electrons. The molecule has 4 heterocycles. The van der Waals surface area contributed by atoms with E-state index >= 15 is 0 Å². The number of H-pyrrole nitrogens is 2. The molecule has 52 heteroatoms. The van der Waals surface area contributed by atoms with Crippen molar-refractivity contribution >= 4 is 307 Å². The number of amides is 11. The summed E-state index contributed by atoms with van der Waals surface area (Å²) in [5.41, 5.74) is 40.7. The number of nitrogens with one attached hydrogen (secondary N) is 9. The van der Waals surface area contributed by atoms with Crippen molar-refractivity contribution in [3.63, 3.8) is 0 Å². The minimum Gasteiger partial charge on any atom is -0.383 e. The van der Waals surface area contributed by atoms with Crippen LogP contribution in [-0.4, -0.2) is 144 Å². The first-order valence-electron chi connectivity index (χ1n) is 19.4. The Morgan fingerprint density at radius 1 is 0.533 bits per heavy atom. The minimum atomic E-state index is -1.15. The molecule has 4 rings (SSSR count). The Morgan fingerprint density at radius 3 is 1.10 bits per heavy atom. The Kier molecular flexibility index (Phi) is 129. The zero-order valence-electron chi connectivity index (χ0n) is 47.2. The van der Waals surface area contributed by atoms with Gasteiger partial charge in [-0.15, -0.1) is 223 Å². The topological polar surface area (TPSA) is 575 Å². The van der Waals surface area contributed by atoms with Crippen LogP contribution in [0.25, 0.3) is 0 Å². The number of nitrogens with zero attached hydrogens (tertiary/aromatic N) is 8. The molecule has 25 N–H and O–H groups in total. The third-order valence-electron chi connectivity index (χ3n) is 6.97. The maximum atomic E-state index is 11.8. The van der Waals surface area contributed by atoms with Crippen LogP contribution in [0.1, 0.15) is 98.3 Å². The minimum absolute atomic E-state index is 0. The van der Waals surface area contributed by atoms with Gasteiger partial charge in [-0.05, 0) is 41.5 Å². The summed E-state index contributed by atoms with van der Waals surface area (Å²) in [5.74, 6) is -2.46. The number of hydrogen-bond acceptors (Lipinski definition) is 19. The Hall–Kier alpha value is -4.59. The molecule has 1 unspecified atom stereocenters. The van der Waals surface area contributed by atoms with Crippen LogP contribution in [0.3, 0.4) is 0 Å². The largest absolute Gasteiger partial charge is 0.383 e. The molecule has 0 spiro atoms. The molecule has 544 valence electrons. The number of aromatic amines is 2. The number of nitriles is 1. The number of aromatic nitrogens is 8. The summed E-state index contributed by atoms with van der Waals surface area (Å²) in [4.78, 5) is 121. The van der Waals surface area contributed by atoms with Gasteiger partial charge < -0.3 is 87.7 Å². The lowest BCUT2D eigenvalue weighted by Crippen LogP contribution is -2.41. The summed E-state index contributed by atoms with van der Waals surface area (Å²) in [6.45, 7) is 11.2. The molecular weight excluding hydrogens is 1590 g/mol. The highest BCUT2D eigenvalue weighted by Gasteiger charge is 2.23. The van der Waals surface area contributed by atoms with Crippen LogP contribution in [0.5, 0.6) is 0 Å². The van der Waals surface area contributed by atoms with Crippen molar-refractivity contribution in [3.05, 3.63) is 48.1 Å². The first-order valence-corrected chi connectivity index (χ1v) is 19.4. The molecule has 4 aromatic heterocycles. The maximum Gasteiger partial charge on any atom is 0.342 e. The molecule has 0 aliphatic rings. The van der Waals surface area contributed by atoms with Gasteiger partial charge in [0.25, 0.3) is 23.6 Å². The molecule has 11 amide bonds. The van der Waals surface area contributed by atoms with Crippen LogP contribution in [0, 0.1) is 11.3 Å². The van der Waals surface area contributed by atoms with E-state index in [-0.39, 0.29) is 296 Å². The smallest absolute Gasteiger partial charge is 0.342 e. The number of carbonyl (C=O) groups excluding carboxylic acids is 9. The van der Waals surface area contributed by atoms with Crippen molar-refractivity contribution in [2.75, 3.05) is 51.1 Å². The van der Waals surface area contributed by atoms with Gasteiger partial charge in [-0.1, -0.05) is 14.9 Å². The summed E-state index contributed by atoms with van der Waals surface area (Å²) < 4.78 is 2.08. The highest BCUT2D eigenvalue weighted by molar-refractivity contribution is 6.00. The van der Waals surface area contributed by atoms with E-state index < -0.39 is 53.8 Å². The van der Waals surface area contributed by atoms with Crippen LogP contribution < -0.4 is 83.1 Å². The average molecular weight is 1680 g/mol. The lowest BCUT2D eigenvalue weighted by molar-refractivity contribution is -0.118. The first-order chi connectivity index (χ1) is 32.3. The van der Waals surface area contributed by atoms with Crippen molar-refractivity contribution in [3.8, 4) is 6.07 Å². The number of hydrogen-bond donors (Lipinski definition) is 17. The number of rotatable bonds is 6. The molecule has 0 bridgehead atoms. The van der Waals surface area contributed by atoms with Crippen molar-refractivity contribution in [1.29, 1.82) is 5.26 Å². The number of aliphatic imine (C=N–C) groups is 1. The molecule has 34 nitrogen and oxygen atoms in total. The second-order valence-electron chi connectivity index (χ2n) is 14.8. The summed E-state index contributed by atoms with van der Waals surface area (Å²) in [6, 6.07) is -1.53. The van der Waals surface area contributed by atoms with Gasteiger partial charge in [-0.3, -0.25) is 29.3 Å². The number of halogens is 18. The van der Waals surface area contributed by atoms with Gasteiger partial charge in [-0.2, -0.15) is 10.3 Å². The molecule has 0 aliphatic heterocycles. The molecular formula is C38H87Cl18N25O9. The fourth-order valence-corrected chi connectivity index (χ4v) is 3.79. The monoisotopic (exact) mass is 1670 g/mol. The van der Waals surface area contributed by atoms with E-state index in [0.717, 1.165) is 21.8 Å². The zero-order chi connectivity index (χ0) is 54.7. The van der Waals surface area contributed by atoms with E-state index in [1.54, 1.807) is 0 Å². The number of urea groups is 2. The van der Waals surface area contributed by atoms with Gasteiger partial charge in [0.2, 0.25) is 5.91 Å². The summed E-state index contributed by atoms with van der Waals surface area (Å²) in [7, 11) is 5.81. The van der Waals surface area contributed by atoms with Gasteiger partial charge in [-0.25, -0.2) is 48.2 Å². The first kappa shape index (κ1) is 151. The standard InChI is InChI=1S/C10H17N5O2.C8H14N4O.C6H9N5O2.C5H10N4O2.C4H6N4O.C3H5N3O.2CH4.18ClH/c1-10(2,3)14-8(16)6-7(11)15(5-13-6)9(17)12-4;1-8(2,3)12-7(13)5-6(9)11-4-10-5;1-9-6(13)11-2-10-3(4(11)7)5(8)12;1-6-4(10)8-3-9-5(11)7-2;5-3-2(4(6)9)7-1-8-3;4-1-2(5)3(6)7;;;;;;;;;;;;;;;;;;;;/h5H,11H2,1-4H3,(H,12,17)(H,14,16);4H,9H2,1-3H3,(H,10,11)(H,12,13);2H,7H2,1H3,(H2,8,12)(H,9,13);3H,1-2H3,(H3,6,7,8,9,10,11);1H,5H2,(H2,6,9)(H,7,8);2H,5H2,(H2,6,7);2*1H4;18*1H. The van der Waals surface area contributed by atoms with Crippen molar-refractivity contribution in [2.45, 2.75) is 73.5 Å². The number of anilines is 4. The number of carbonyl (C=O) groups is 9. The predicted molar refractivity (Wildman–Crippen MR) is 398 cm³/mol. The van der Waals surface area contributed by atoms with E-state index in [0.29, 0.717) is 5.69 Å². The number of nitrogen functional groups attached to an aromatic ring is 4. The van der Waals surface area contributed by atoms with Crippen LogP contribution in [0.2, 0.25) is 0 Å². The summed E-state index contributed by atoms with van der Waals surface area (Å²) >= 11 is 0. The third kappa shape index (κ3) is 62.2.